The first-order valence-electron chi connectivity index (χ1n) is 7.42. The van der Waals surface area contributed by atoms with Crippen molar-refractivity contribution in [3.8, 4) is 0 Å². The lowest BCUT2D eigenvalue weighted by molar-refractivity contribution is -0.182. The molecule has 0 aromatic carbocycles. The van der Waals surface area contributed by atoms with E-state index in [4.69, 9.17) is 0 Å². The number of pyridine rings is 1. The number of aromatic nitrogens is 4. The zero-order chi connectivity index (χ0) is 19.3. The molecule has 0 bridgehead atoms. The van der Waals surface area contributed by atoms with Gasteiger partial charge < -0.3 is 0 Å². The Morgan fingerprint density at radius 3 is 2.50 bits per heavy atom. The number of halogens is 7. The third kappa shape index (κ3) is 3.31. The van der Waals surface area contributed by atoms with E-state index < -0.39 is 54.1 Å². The van der Waals surface area contributed by atoms with Gasteiger partial charge in [-0.25, -0.2) is 18.9 Å². The SMILES string of the molecule is O=c1n(Cc2ccnc(C(F)(F)F)c2F)nc2n1C[C@H](C(F)(F)F)CC2. The van der Waals surface area contributed by atoms with Crippen molar-refractivity contribution < 1.29 is 30.7 Å². The van der Waals surface area contributed by atoms with Gasteiger partial charge in [-0.1, -0.05) is 0 Å². The molecule has 2 aromatic heterocycles. The maximum atomic E-state index is 14.0. The minimum Gasteiger partial charge on any atom is -0.278 e. The number of hydrogen-bond acceptors (Lipinski definition) is 3. The Morgan fingerprint density at radius 2 is 1.88 bits per heavy atom. The summed E-state index contributed by atoms with van der Waals surface area (Å²) in [7, 11) is 0. The first-order valence-corrected chi connectivity index (χ1v) is 7.42. The Bertz CT molecular complexity index is 881. The van der Waals surface area contributed by atoms with Gasteiger partial charge in [0.05, 0.1) is 12.5 Å². The van der Waals surface area contributed by atoms with Gasteiger partial charge in [0.1, 0.15) is 5.82 Å². The number of nitrogens with zero attached hydrogens (tertiary/aromatic N) is 4. The third-order valence-electron chi connectivity index (χ3n) is 4.14. The summed E-state index contributed by atoms with van der Waals surface area (Å²) in [4.78, 5) is 15.2. The quantitative estimate of drug-likeness (QED) is 0.749. The van der Waals surface area contributed by atoms with E-state index >= 15 is 0 Å². The Balaban J connectivity index is 1.93. The van der Waals surface area contributed by atoms with Crippen LogP contribution in [-0.2, 0) is 25.7 Å². The van der Waals surface area contributed by atoms with E-state index in [0.717, 1.165) is 16.8 Å². The molecule has 0 radical (unpaired) electrons. The molecule has 0 saturated heterocycles. The van der Waals surface area contributed by atoms with Crippen molar-refractivity contribution in [1.82, 2.24) is 19.3 Å². The van der Waals surface area contributed by atoms with Gasteiger partial charge in [0.2, 0.25) is 0 Å². The summed E-state index contributed by atoms with van der Waals surface area (Å²) in [5.74, 6) is -3.27. The van der Waals surface area contributed by atoms with E-state index in [1.54, 1.807) is 0 Å². The number of aryl methyl sites for hydroxylation is 1. The molecule has 142 valence electrons. The van der Waals surface area contributed by atoms with Crippen LogP contribution in [0.25, 0.3) is 0 Å². The number of rotatable bonds is 2. The molecule has 3 heterocycles. The average Bonchev–Trinajstić information content (AvgIpc) is 2.83. The van der Waals surface area contributed by atoms with E-state index in [2.05, 4.69) is 10.1 Å². The Kier molecular flexibility index (Phi) is 4.31. The summed E-state index contributed by atoms with van der Waals surface area (Å²) in [6, 6.07) is 0.952. The van der Waals surface area contributed by atoms with Crippen LogP contribution >= 0.6 is 0 Å². The predicted molar refractivity (Wildman–Crippen MR) is 72.7 cm³/mol. The first-order chi connectivity index (χ1) is 12.0. The van der Waals surface area contributed by atoms with Crippen LogP contribution in [0.2, 0.25) is 0 Å². The smallest absolute Gasteiger partial charge is 0.278 e. The van der Waals surface area contributed by atoms with Crippen LogP contribution in [-0.4, -0.2) is 25.5 Å². The van der Waals surface area contributed by atoms with Crippen LogP contribution in [0.5, 0.6) is 0 Å². The highest BCUT2D eigenvalue weighted by atomic mass is 19.4. The lowest BCUT2D eigenvalue weighted by atomic mass is 9.99. The lowest BCUT2D eigenvalue weighted by Gasteiger charge is -2.24. The van der Waals surface area contributed by atoms with Gasteiger partial charge in [0.15, 0.2) is 11.5 Å². The first kappa shape index (κ1) is 18.4. The van der Waals surface area contributed by atoms with E-state index in [1.807, 2.05) is 0 Å². The minimum atomic E-state index is -5.02. The van der Waals surface area contributed by atoms with E-state index in [-0.39, 0.29) is 18.7 Å². The molecule has 26 heavy (non-hydrogen) atoms. The van der Waals surface area contributed by atoms with Gasteiger partial charge in [-0.05, 0) is 12.5 Å². The second-order valence-electron chi connectivity index (χ2n) is 5.87. The van der Waals surface area contributed by atoms with E-state index in [9.17, 15) is 35.5 Å². The second kappa shape index (κ2) is 6.09. The fraction of sp³-hybridized carbons (Fsp3) is 0.500. The molecule has 5 nitrogen and oxygen atoms in total. The molecule has 2 aromatic rings. The van der Waals surface area contributed by atoms with Gasteiger partial charge in [-0.2, -0.15) is 31.4 Å². The lowest BCUT2D eigenvalue weighted by Crippen LogP contribution is -2.36. The van der Waals surface area contributed by atoms with Crippen LogP contribution in [0.15, 0.2) is 17.1 Å². The zero-order valence-corrected chi connectivity index (χ0v) is 12.9. The maximum Gasteiger partial charge on any atom is 0.436 e. The molecule has 12 heteroatoms. The van der Waals surface area contributed by atoms with Crippen LogP contribution in [0.4, 0.5) is 30.7 Å². The molecule has 0 N–H and O–H groups in total. The van der Waals surface area contributed by atoms with Gasteiger partial charge in [-0.3, -0.25) is 4.57 Å². The van der Waals surface area contributed by atoms with Crippen LogP contribution < -0.4 is 5.69 Å². The van der Waals surface area contributed by atoms with Crippen LogP contribution in [0.1, 0.15) is 23.5 Å². The summed E-state index contributed by atoms with van der Waals surface area (Å²) < 4.78 is 92.0. The summed E-state index contributed by atoms with van der Waals surface area (Å²) in [6.07, 6.45) is -9.11. The monoisotopic (exact) mass is 384 g/mol. The van der Waals surface area contributed by atoms with E-state index in [1.165, 1.54) is 0 Å². The summed E-state index contributed by atoms with van der Waals surface area (Å²) in [5.41, 5.74) is -3.15. The molecule has 3 rings (SSSR count). The highest BCUT2D eigenvalue weighted by Gasteiger charge is 2.42. The minimum absolute atomic E-state index is 0.0843. The normalized spacial score (nSPS) is 18.0. The van der Waals surface area contributed by atoms with Crippen LogP contribution in [0.3, 0.4) is 0 Å². The fourth-order valence-corrected chi connectivity index (χ4v) is 2.80. The van der Waals surface area contributed by atoms with Gasteiger partial charge >= 0.3 is 18.0 Å². The second-order valence-corrected chi connectivity index (χ2v) is 5.87. The molecule has 0 saturated carbocycles. The number of alkyl halides is 6. The molecule has 1 aliphatic heterocycles. The van der Waals surface area contributed by atoms with Crippen molar-refractivity contribution in [1.29, 1.82) is 0 Å². The molecule has 0 aliphatic carbocycles. The van der Waals surface area contributed by atoms with Gasteiger partial charge in [-0.15, -0.1) is 0 Å². The zero-order valence-electron chi connectivity index (χ0n) is 12.9. The topological polar surface area (TPSA) is 52.7 Å². The highest BCUT2D eigenvalue weighted by molar-refractivity contribution is 5.21. The molecule has 0 unspecified atom stereocenters. The third-order valence-corrected chi connectivity index (χ3v) is 4.14. The molecular formula is C14H11F7N4O. The van der Waals surface area contributed by atoms with Crippen molar-refractivity contribution in [3.63, 3.8) is 0 Å². The summed E-state index contributed by atoms with van der Waals surface area (Å²) in [5, 5.41) is 3.83. The number of hydrogen-bond donors (Lipinski definition) is 0. The highest BCUT2D eigenvalue weighted by Crippen LogP contribution is 2.33. The average molecular weight is 384 g/mol. The number of fused-ring (bicyclic) bond motifs is 1. The molecular weight excluding hydrogens is 373 g/mol. The summed E-state index contributed by atoms with van der Waals surface area (Å²) >= 11 is 0. The molecule has 1 atom stereocenters. The van der Waals surface area contributed by atoms with Gasteiger partial charge in [0.25, 0.3) is 0 Å². The Morgan fingerprint density at radius 1 is 1.19 bits per heavy atom. The fourth-order valence-electron chi connectivity index (χ4n) is 2.80. The van der Waals surface area contributed by atoms with Crippen molar-refractivity contribution in [2.45, 2.75) is 38.3 Å². The Hall–Kier alpha value is -2.40. The van der Waals surface area contributed by atoms with Crippen molar-refractivity contribution in [2.24, 2.45) is 5.92 Å². The van der Waals surface area contributed by atoms with Crippen molar-refractivity contribution in [3.05, 3.63) is 45.6 Å². The Labute approximate surface area is 141 Å². The van der Waals surface area contributed by atoms with Crippen LogP contribution in [0, 0.1) is 11.7 Å². The van der Waals surface area contributed by atoms with Crippen molar-refractivity contribution in [2.75, 3.05) is 0 Å². The molecule has 1 aliphatic rings. The molecule has 0 fully saturated rings. The molecule has 0 spiro atoms. The van der Waals surface area contributed by atoms with E-state index in [0.29, 0.717) is 4.68 Å². The van der Waals surface area contributed by atoms with Gasteiger partial charge in [0, 0.05) is 24.7 Å². The van der Waals surface area contributed by atoms with Crippen molar-refractivity contribution >= 4 is 0 Å². The predicted octanol–water partition coefficient (Wildman–Crippen LogP) is 2.77. The summed E-state index contributed by atoms with van der Waals surface area (Å²) in [6.45, 7) is -1.27. The maximum absolute atomic E-state index is 14.0. The largest absolute Gasteiger partial charge is 0.436 e. The standard InChI is InChI=1S/C14H11F7N4O/c15-10-7(3-4-22-11(10)14(19,20)21)5-25-12(26)24-6-8(13(16,17)18)1-2-9(24)23-25/h3-4,8H,1-2,5-6H2/t8-/m1/s1. The molecule has 0 amide bonds.